The van der Waals surface area contributed by atoms with Gasteiger partial charge >= 0.3 is 0 Å². The average molecular weight is 368 g/mol. The number of hydrogen-bond acceptors (Lipinski definition) is 5. The molecule has 0 fully saturated rings. The summed E-state index contributed by atoms with van der Waals surface area (Å²) >= 11 is 0. The summed E-state index contributed by atoms with van der Waals surface area (Å²) in [4.78, 5) is 13.5. The lowest BCUT2D eigenvalue weighted by molar-refractivity contribution is 0.102. The van der Waals surface area contributed by atoms with Crippen LogP contribution in [0.2, 0.25) is 0 Å². The van der Waals surface area contributed by atoms with Gasteiger partial charge in [0.15, 0.2) is 5.78 Å². The fourth-order valence-electron chi connectivity index (χ4n) is 3.28. The summed E-state index contributed by atoms with van der Waals surface area (Å²) in [7, 11) is 0. The molecule has 0 saturated carbocycles. The molecule has 1 aliphatic heterocycles. The van der Waals surface area contributed by atoms with Gasteiger partial charge in [-0.1, -0.05) is 60.7 Å². The van der Waals surface area contributed by atoms with Crippen molar-refractivity contribution in [2.24, 2.45) is 5.73 Å². The number of furan rings is 1. The highest BCUT2D eigenvalue weighted by Crippen LogP contribution is 2.43. The molecule has 1 aliphatic rings. The molecule has 2 heterocycles. The highest BCUT2D eigenvalue weighted by Gasteiger charge is 2.39. The van der Waals surface area contributed by atoms with E-state index in [4.69, 9.17) is 14.9 Å². The van der Waals surface area contributed by atoms with Crippen LogP contribution in [-0.2, 0) is 4.74 Å². The Balaban J connectivity index is 1.99. The number of carbonyl (C=O) groups is 1. The van der Waals surface area contributed by atoms with E-state index in [0.717, 1.165) is 0 Å². The minimum atomic E-state index is -0.753. The third kappa shape index (κ3) is 2.97. The van der Waals surface area contributed by atoms with Gasteiger partial charge in [0.1, 0.15) is 23.2 Å². The molecule has 28 heavy (non-hydrogen) atoms. The van der Waals surface area contributed by atoms with Crippen LogP contribution in [0.4, 0.5) is 0 Å². The monoisotopic (exact) mass is 368 g/mol. The fourth-order valence-corrected chi connectivity index (χ4v) is 3.28. The number of benzene rings is 2. The number of ketones is 1. The minimum Gasteiger partial charge on any atom is -0.468 e. The summed E-state index contributed by atoms with van der Waals surface area (Å²) in [6, 6.07) is 23.6. The Hall–Kier alpha value is -4.04. The van der Waals surface area contributed by atoms with E-state index < -0.39 is 5.92 Å². The number of nitrogens with two attached hydrogens (primary N) is 1. The van der Waals surface area contributed by atoms with Crippen molar-refractivity contribution < 1.29 is 13.9 Å². The first kappa shape index (κ1) is 17.4. The second-order valence-electron chi connectivity index (χ2n) is 6.24. The van der Waals surface area contributed by atoms with Gasteiger partial charge < -0.3 is 14.9 Å². The Labute approximate surface area is 162 Å². The average Bonchev–Trinajstić information content (AvgIpc) is 3.28. The van der Waals surface area contributed by atoms with Crippen LogP contribution in [0.1, 0.15) is 27.6 Å². The molecule has 2 N–H and O–H groups in total. The van der Waals surface area contributed by atoms with E-state index in [0.29, 0.717) is 28.2 Å². The number of rotatable bonds is 4. The molecule has 0 aliphatic carbocycles. The third-order valence-electron chi connectivity index (χ3n) is 4.56. The van der Waals surface area contributed by atoms with Crippen LogP contribution < -0.4 is 5.73 Å². The van der Waals surface area contributed by atoms with Crippen LogP contribution in [0.3, 0.4) is 0 Å². The summed E-state index contributed by atoms with van der Waals surface area (Å²) in [6.07, 6.45) is 1.50. The van der Waals surface area contributed by atoms with Crippen LogP contribution >= 0.6 is 0 Å². The number of ether oxygens (including phenoxy) is 1. The molecule has 136 valence electrons. The zero-order valence-corrected chi connectivity index (χ0v) is 14.8. The predicted octanol–water partition coefficient (Wildman–Crippen LogP) is 4.38. The maximum Gasteiger partial charge on any atom is 0.205 e. The molecule has 1 atom stereocenters. The van der Waals surface area contributed by atoms with Gasteiger partial charge in [0.2, 0.25) is 5.88 Å². The lowest BCUT2D eigenvalue weighted by atomic mass is 9.81. The summed E-state index contributed by atoms with van der Waals surface area (Å²) in [5, 5.41) is 9.71. The van der Waals surface area contributed by atoms with Crippen LogP contribution in [0.25, 0.3) is 5.76 Å². The fraction of sp³-hybridized carbons (Fsp3) is 0.0435. The number of Topliss-reactive ketones (excluding diaryl/α,β-unsaturated/α-hetero) is 1. The summed E-state index contributed by atoms with van der Waals surface area (Å²) in [5.74, 6) is -0.256. The molecule has 0 amide bonds. The molecule has 5 nitrogen and oxygen atoms in total. The maximum atomic E-state index is 13.5. The van der Waals surface area contributed by atoms with Crippen LogP contribution in [0.5, 0.6) is 0 Å². The maximum absolute atomic E-state index is 13.5. The molecule has 2 aromatic carbocycles. The molecule has 0 spiro atoms. The van der Waals surface area contributed by atoms with Gasteiger partial charge in [-0.05, 0) is 12.1 Å². The summed E-state index contributed by atoms with van der Waals surface area (Å²) in [6.45, 7) is 0. The van der Waals surface area contributed by atoms with Crippen molar-refractivity contribution in [1.82, 2.24) is 0 Å². The van der Waals surface area contributed by atoms with E-state index in [2.05, 4.69) is 6.07 Å². The largest absolute Gasteiger partial charge is 0.468 e. The predicted molar refractivity (Wildman–Crippen MR) is 103 cm³/mol. The van der Waals surface area contributed by atoms with Gasteiger partial charge in [-0.25, -0.2) is 0 Å². The molecule has 4 rings (SSSR count). The second kappa shape index (κ2) is 7.29. The molecule has 5 heteroatoms. The zero-order valence-electron chi connectivity index (χ0n) is 14.8. The van der Waals surface area contributed by atoms with E-state index in [9.17, 15) is 10.1 Å². The molecule has 0 radical (unpaired) electrons. The minimum absolute atomic E-state index is 0.0348. The summed E-state index contributed by atoms with van der Waals surface area (Å²) < 4.78 is 11.4. The standard InChI is InChI=1S/C23H16N2O3/c24-14-17-19(18-12-7-13-27-18)20(21(26)15-8-3-1-4-9-15)22(28-23(17)25)16-10-5-2-6-11-16/h1-13,19H,25H2. The van der Waals surface area contributed by atoms with Gasteiger partial charge in [-0.2, -0.15) is 5.26 Å². The zero-order chi connectivity index (χ0) is 19.5. The molecule has 0 bridgehead atoms. The second-order valence-corrected chi connectivity index (χ2v) is 6.24. The van der Waals surface area contributed by atoms with E-state index in [1.165, 1.54) is 6.26 Å². The van der Waals surface area contributed by atoms with Crippen LogP contribution in [0, 0.1) is 11.3 Å². The number of carbonyl (C=O) groups excluding carboxylic acids is 1. The van der Waals surface area contributed by atoms with Gasteiger partial charge in [-0.15, -0.1) is 0 Å². The number of nitriles is 1. The normalized spacial score (nSPS) is 16.5. The highest BCUT2D eigenvalue weighted by molar-refractivity contribution is 6.14. The van der Waals surface area contributed by atoms with Crippen molar-refractivity contribution >= 4 is 11.5 Å². The molecule has 0 saturated heterocycles. The van der Waals surface area contributed by atoms with Gasteiger partial charge in [0.05, 0.1) is 17.8 Å². The lowest BCUT2D eigenvalue weighted by Crippen LogP contribution is -2.24. The Bertz CT molecular complexity index is 1110. The third-order valence-corrected chi connectivity index (χ3v) is 4.56. The number of nitrogens with zero attached hydrogens (tertiary/aromatic N) is 1. The first-order valence-electron chi connectivity index (χ1n) is 8.71. The van der Waals surface area contributed by atoms with Gasteiger partial charge in [-0.3, -0.25) is 4.79 Å². The number of allylic oxidation sites excluding steroid dienone is 2. The Morgan fingerprint density at radius 1 is 0.964 bits per heavy atom. The van der Waals surface area contributed by atoms with Crippen LogP contribution in [0.15, 0.2) is 101 Å². The van der Waals surface area contributed by atoms with Crippen molar-refractivity contribution in [2.45, 2.75) is 5.92 Å². The lowest BCUT2D eigenvalue weighted by Gasteiger charge is -2.27. The van der Waals surface area contributed by atoms with Crippen molar-refractivity contribution in [3.8, 4) is 6.07 Å². The van der Waals surface area contributed by atoms with Gasteiger partial charge in [0, 0.05) is 11.1 Å². The quantitative estimate of drug-likeness (QED) is 0.690. The Kier molecular flexibility index (Phi) is 4.53. The van der Waals surface area contributed by atoms with Crippen molar-refractivity contribution in [1.29, 1.82) is 5.26 Å². The van der Waals surface area contributed by atoms with E-state index >= 15 is 0 Å². The Morgan fingerprint density at radius 2 is 1.64 bits per heavy atom. The van der Waals surface area contributed by atoms with E-state index in [1.807, 2.05) is 36.4 Å². The highest BCUT2D eigenvalue weighted by atomic mass is 16.5. The van der Waals surface area contributed by atoms with E-state index in [-0.39, 0.29) is 17.2 Å². The van der Waals surface area contributed by atoms with Crippen molar-refractivity contribution in [3.05, 3.63) is 113 Å². The molecule has 1 unspecified atom stereocenters. The number of hydrogen-bond donors (Lipinski definition) is 1. The molecule has 1 aromatic heterocycles. The summed E-state index contributed by atoms with van der Waals surface area (Å²) in [5.41, 5.74) is 7.71. The molecule has 3 aromatic rings. The van der Waals surface area contributed by atoms with Gasteiger partial charge in [0.25, 0.3) is 0 Å². The SMILES string of the molecule is N#CC1=C(N)OC(c2ccccc2)=C(C(=O)c2ccccc2)C1c1ccco1. The first-order valence-corrected chi connectivity index (χ1v) is 8.71. The Morgan fingerprint density at radius 3 is 2.25 bits per heavy atom. The van der Waals surface area contributed by atoms with Crippen LogP contribution in [-0.4, -0.2) is 5.78 Å². The molecular formula is C23H16N2O3. The van der Waals surface area contributed by atoms with E-state index in [1.54, 1.807) is 36.4 Å². The first-order chi connectivity index (χ1) is 13.7. The van der Waals surface area contributed by atoms with Crippen molar-refractivity contribution in [3.63, 3.8) is 0 Å². The smallest absolute Gasteiger partial charge is 0.205 e. The topological polar surface area (TPSA) is 89.3 Å². The molecular weight excluding hydrogens is 352 g/mol. The van der Waals surface area contributed by atoms with Crippen molar-refractivity contribution in [2.75, 3.05) is 0 Å².